The Hall–Kier alpha value is -1.84. The van der Waals surface area contributed by atoms with Crippen molar-refractivity contribution in [1.82, 2.24) is 0 Å². The van der Waals surface area contributed by atoms with Crippen molar-refractivity contribution in [3.63, 3.8) is 0 Å². The number of amides is 1. The first-order chi connectivity index (χ1) is 6.22. The molecule has 0 fully saturated rings. The predicted molar refractivity (Wildman–Crippen MR) is 46.2 cm³/mol. The van der Waals surface area contributed by atoms with Crippen molar-refractivity contribution in [3.05, 3.63) is 46.6 Å². The standard InChI is InChI=1S/C9H6FNO2/c10-8-3-1-2-7(6-8)4-5-9(12)11-13/h1-6H/b5-4+. The summed E-state index contributed by atoms with van der Waals surface area (Å²) in [6.07, 6.45) is 2.31. The van der Waals surface area contributed by atoms with E-state index in [0.29, 0.717) is 5.56 Å². The smallest absolute Gasteiger partial charge is 0.264 e. The Balaban J connectivity index is 2.79. The van der Waals surface area contributed by atoms with Crippen LogP contribution < -0.4 is 0 Å². The van der Waals surface area contributed by atoms with Gasteiger partial charge in [-0.05, 0) is 23.8 Å². The molecule has 0 heterocycles. The van der Waals surface area contributed by atoms with Crippen LogP contribution in [0.15, 0.2) is 35.5 Å². The zero-order chi connectivity index (χ0) is 9.68. The molecule has 0 atom stereocenters. The van der Waals surface area contributed by atoms with E-state index < -0.39 is 11.7 Å². The van der Waals surface area contributed by atoms with Crippen molar-refractivity contribution in [2.24, 2.45) is 5.18 Å². The number of carbonyl (C=O) groups excluding carboxylic acids is 1. The van der Waals surface area contributed by atoms with Crippen LogP contribution in [0.1, 0.15) is 5.56 Å². The highest BCUT2D eigenvalue weighted by atomic mass is 19.1. The summed E-state index contributed by atoms with van der Waals surface area (Å²) in [6, 6.07) is 5.65. The molecule has 0 saturated carbocycles. The molecular formula is C9H6FNO2. The zero-order valence-corrected chi connectivity index (χ0v) is 6.61. The lowest BCUT2D eigenvalue weighted by atomic mass is 10.2. The minimum Gasteiger partial charge on any atom is -0.264 e. The first-order valence-electron chi connectivity index (χ1n) is 3.53. The van der Waals surface area contributed by atoms with Crippen molar-refractivity contribution in [1.29, 1.82) is 0 Å². The Labute approximate surface area is 73.9 Å². The van der Waals surface area contributed by atoms with E-state index in [1.54, 1.807) is 6.07 Å². The second-order valence-corrected chi connectivity index (χ2v) is 2.32. The second-order valence-electron chi connectivity index (χ2n) is 2.32. The number of rotatable bonds is 2. The molecule has 66 valence electrons. The Kier molecular flexibility index (Phi) is 3.03. The molecular weight excluding hydrogens is 173 g/mol. The van der Waals surface area contributed by atoms with Crippen LogP contribution in [0.3, 0.4) is 0 Å². The molecule has 0 radical (unpaired) electrons. The van der Waals surface area contributed by atoms with Gasteiger partial charge < -0.3 is 0 Å². The van der Waals surface area contributed by atoms with Crippen molar-refractivity contribution in [2.75, 3.05) is 0 Å². The fourth-order valence-corrected chi connectivity index (χ4v) is 0.808. The van der Waals surface area contributed by atoms with Gasteiger partial charge >= 0.3 is 5.91 Å². The highest BCUT2D eigenvalue weighted by Crippen LogP contribution is 2.05. The van der Waals surface area contributed by atoms with Gasteiger partial charge in [0.1, 0.15) is 5.82 Å². The topological polar surface area (TPSA) is 46.5 Å². The van der Waals surface area contributed by atoms with Crippen molar-refractivity contribution < 1.29 is 9.18 Å². The molecule has 1 amide bonds. The molecule has 1 rings (SSSR count). The first-order valence-corrected chi connectivity index (χ1v) is 3.53. The van der Waals surface area contributed by atoms with Gasteiger partial charge in [-0.1, -0.05) is 12.1 Å². The van der Waals surface area contributed by atoms with Crippen LogP contribution in [0.5, 0.6) is 0 Å². The Morgan fingerprint density at radius 3 is 2.85 bits per heavy atom. The second kappa shape index (κ2) is 4.25. The number of carbonyl (C=O) groups is 1. The van der Waals surface area contributed by atoms with Crippen LogP contribution in [0, 0.1) is 10.7 Å². The van der Waals surface area contributed by atoms with Gasteiger partial charge in [0.25, 0.3) is 0 Å². The minimum absolute atomic E-state index is 0.395. The SMILES string of the molecule is O=NC(=O)/C=C/c1cccc(F)c1. The van der Waals surface area contributed by atoms with E-state index in [4.69, 9.17) is 0 Å². The van der Waals surface area contributed by atoms with Gasteiger partial charge in [-0.2, -0.15) is 0 Å². The maximum atomic E-state index is 12.6. The van der Waals surface area contributed by atoms with Crippen LogP contribution in [0.25, 0.3) is 6.08 Å². The van der Waals surface area contributed by atoms with E-state index in [9.17, 15) is 14.1 Å². The third kappa shape index (κ3) is 2.94. The molecule has 0 aliphatic rings. The van der Waals surface area contributed by atoms with E-state index in [1.807, 2.05) is 0 Å². The van der Waals surface area contributed by atoms with Gasteiger partial charge in [-0.15, -0.1) is 4.91 Å². The monoisotopic (exact) mass is 179 g/mol. The maximum Gasteiger partial charge on any atom is 0.309 e. The molecule has 0 aliphatic heterocycles. The summed E-state index contributed by atoms with van der Waals surface area (Å²) < 4.78 is 12.6. The van der Waals surface area contributed by atoms with E-state index in [1.165, 1.54) is 24.3 Å². The molecule has 0 spiro atoms. The molecule has 13 heavy (non-hydrogen) atoms. The molecule has 4 heteroatoms. The van der Waals surface area contributed by atoms with Crippen molar-refractivity contribution >= 4 is 12.0 Å². The Bertz CT molecular complexity index is 360. The third-order valence-electron chi connectivity index (χ3n) is 1.36. The Morgan fingerprint density at radius 2 is 2.23 bits per heavy atom. The fourth-order valence-electron chi connectivity index (χ4n) is 0.808. The summed E-state index contributed by atoms with van der Waals surface area (Å²) in [6.45, 7) is 0. The van der Waals surface area contributed by atoms with E-state index >= 15 is 0 Å². The van der Waals surface area contributed by atoms with Crippen LogP contribution in [0.2, 0.25) is 0 Å². The average molecular weight is 179 g/mol. The zero-order valence-electron chi connectivity index (χ0n) is 6.61. The summed E-state index contributed by atoms with van der Waals surface area (Å²) in [4.78, 5) is 20.1. The van der Waals surface area contributed by atoms with Crippen molar-refractivity contribution in [3.8, 4) is 0 Å². The van der Waals surface area contributed by atoms with E-state index in [2.05, 4.69) is 5.18 Å². The lowest BCUT2D eigenvalue weighted by Crippen LogP contribution is -1.83. The van der Waals surface area contributed by atoms with Crippen LogP contribution in [-0.2, 0) is 4.79 Å². The first kappa shape index (κ1) is 9.25. The lowest BCUT2D eigenvalue weighted by molar-refractivity contribution is -0.113. The number of benzene rings is 1. The van der Waals surface area contributed by atoms with Gasteiger partial charge in [-0.3, -0.25) is 4.79 Å². The molecule has 0 aliphatic carbocycles. The summed E-state index contributed by atoms with van der Waals surface area (Å²) in [5.41, 5.74) is 0.511. The van der Waals surface area contributed by atoms with Gasteiger partial charge in [0.15, 0.2) is 0 Å². The van der Waals surface area contributed by atoms with Gasteiger partial charge in [-0.25, -0.2) is 4.39 Å². The maximum absolute atomic E-state index is 12.6. The summed E-state index contributed by atoms with van der Waals surface area (Å²) in [5.74, 6) is -1.28. The molecule has 3 nitrogen and oxygen atoms in total. The molecule has 0 unspecified atom stereocenters. The molecule has 0 N–H and O–H groups in total. The number of nitrogens with zero attached hydrogens (tertiary/aromatic N) is 1. The molecule has 0 saturated heterocycles. The quantitative estimate of drug-likeness (QED) is 0.515. The summed E-state index contributed by atoms with van der Waals surface area (Å²) in [5, 5.41) is 2.16. The third-order valence-corrected chi connectivity index (χ3v) is 1.36. The molecule has 0 aromatic heterocycles. The highest BCUT2D eigenvalue weighted by Gasteiger charge is 1.93. The molecule has 0 bridgehead atoms. The number of hydrogen-bond donors (Lipinski definition) is 0. The summed E-state index contributed by atoms with van der Waals surface area (Å²) >= 11 is 0. The van der Waals surface area contributed by atoms with Crippen LogP contribution in [0.4, 0.5) is 4.39 Å². The van der Waals surface area contributed by atoms with Gasteiger partial charge in [0.05, 0.1) is 0 Å². The molecule has 1 aromatic carbocycles. The van der Waals surface area contributed by atoms with Crippen LogP contribution >= 0.6 is 0 Å². The average Bonchev–Trinajstić information content (AvgIpc) is 2.14. The number of nitroso groups, excluding NO2 is 1. The minimum atomic E-state index is -0.885. The largest absolute Gasteiger partial charge is 0.309 e. The lowest BCUT2D eigenvalue weighted by Gasteiger charge is -1.90. The van der Waals surface area contributed by atoms with E-state index in [0.717, 1.165) is 6.08 Å². The molecule has 1 aromatic rings. The summed E-state index contributed by atoms with van der Waals surface area (Å²) in [7, 11) is 0. The van der Waals surface area contributed by atoms with Gasteiger partial charge in [0, 0.05) is 11.3 Å². The fraction of sp³-hybridized carbons (Fsp3) is 0. The van der Waals surface area contributed by atoms with E-state index in [-0.39, 0.29) is 0 Å². The predicted octanol–water partition coefficient (Wildman–Crippen LogP) is 2.13. The number of hydrogen-bond acceptors (Lipinski definition) is 2. The van der Waals surface area contributed by atoms with Crippen LogP contribution in [-0.4, -0.2) is 5.91 Å². The van der Waals surface area contributed by atoms with Crippen molar-refractivity contribution in [2.45, 2.75) is 0 Å². The highest BCUT2D eigenvalue weighted by molar-refractivity contribution is 5.92. The Morgan fingerprint density at radius 1 is 1.46 bits per heavy atom. The normalized spacial score (nSPS) is 10.2. The number of halogens is 1. The van der Waals surface area contributed by atoms with Gasteiger partial charge in [0.2, 0.25) is 0 Å².